The van der Waals surface area contributed by atoms with E-state index in [0.717, 1.165) is 0 Å². The molecular formula is C22H26ClN3O6. The molecule has 2 aromatic carbocycles. The van der Waals surface area contributed by atoms with Gasteiger partial charge in [0.05, 0.1) is 33.1 Å². The summed E-state index contributed by atoms with van der Waals surface area (Å²) in [6, 6.07) is 6.62. The van der Waals surface area contributed by atoms with Gasteiger partial charge in [0.25, 0.3) is 5.91 Å². The molecule has 0 bridgehead atoms. The second-order valence-corrected chi connectivity index (χ2v) is 6.87. The van der Waals surface area contributed by atoms with Gasteiger partial charge in [0.1, 0.15) is 28.7 Å². The first kappa shape index (κ1) is 24.9. The number of halogens is 1. The number of anilines is 1. The molecule has 0 radical (unpaired) electrons. The number of rotatable bonds is 11. The molecule has 10 heteroatoms. The third kappa shape index (κ3) is 6.58. The first-order valence-electron chi connectivity index (χ1n) is 9.87. The Bertz CT molecular complexity index is 946. The molecule has 0 aliphatic rings. The standard InChI is InChI=1S/C22H26ClN3O6/c1-6-31-16-10-15(11-17(12-16)32-7-2)25-26-20(13(3)27)22(28)24-21-18(29-4)8-14(23)9-19(21)30-5/h8-12,20H,6-7H2,1-5H3,(H,24,28). The Morgan fingerprint density at radius 2 is 1.50 bits per heavy atom. The SMILES string of the molecule is CCOc1cc(N=NC(C(C)=O)C(=O)Nc2c(OC)cc(Cl)cc2OC)cc(OCC)c1. The molecule has 0 saturated heterocycles. The second-order valence-electron chi connectivity index (χ2n) is 6.43. The Morgan fingerprint density at radius 1 is 0.969 bits per heavy atom. The summed E-state index contributed by atoms with van der Waals surface area (Å²) >= 11 is 6.04. The maximum atomic E-state index is 12.9. The van der Waals surface area contributed by atoms with Crippen molar-refractivity contribution in [3.63, 3.8) is 0 Å². The number of ether oxygens (including phenoxy) is 4. The summed E-state index contributed by atoms with van der Waals surface area (Å²) in [5.41, 5.74) is 0.600. The number of amides is 1. The van der Waals surface area contributed by atoms with E-state index in [2.05, 4.69) is 15.5 Å². The summed E-state index contributed by atoms with van der Waals surface area (Å²) in [4.78, 5) is 25.0. The number of methoxy groups -OCH3 is 2. The van der Waals surface area contributed by atoms with Crippen molar-refractivity contribution in [2.75, 3.05) is 32.8 Å². The van der Waals surface area contributed by atoms with Gasteiger partial charge in [-0.25, -0.2) is 0 Å². The fourth-order valence-electron chi connectivity index (χ4n) is 2.75. The van der Waals surface area contributed by atoms with Crippen LogP contribution in [0.5, 0.6) is 23.0 Å². The number of carbonyl (C=O) groups excluding carboxylic acids is 2. The van der Waals surface area contributed by atoms with Crippen molar-refractivity contribution in [3.8, 4) is 23.0 Å². The lowest BCUT2D eigenvalue weighted by atomic mass is 10.2. The van der Waals surface area contributed by atoms with Gasteiger partial charge in [-0.05, 0) is 20.8 Å². The minimum atomic E-state index is -1.40. The van der Waals surface area contributed by atoms with Gasteiger partial charge in [-0.1, -0.05) is 11.6 Å². The Hall–Kier alpha value is -3.33. The molecule has 0 heterocycles. The third-order valence-corrected chi connectivity index (χ3v) is 4.35. The predicted molar refractivity (Wildman–Crippen MR) is 121 cm³/mol. The zero-order valence-corrected chi connectivity index (χ0v) is 19.4. The quantitative estimate of drug-likeness (QED) is 0.377. The highest BCUT2D eigenvalue weighted by atomic mass is 35.5. The van der Waals surface area contributed by atoms with E-state index in [0.29, 0.717) is 35.4 Å². The first-order valence-corrected chi connectivity index (χ1v) is 10.2. The molecule has 9 nitrogen and oxygen atoms in total. The molecule has 1 atom stereocenters. The zero-order chi connectivity index (χ0) is 23.7. The van der Waals surface area contributed by atoms with Crippen molar-refractivity contribution in [1.82, 2.24) is 0 Å². The number of nitrogens with zero attached hydrogens (tertiary/aromatic N) is 2. The second kappa shape index (κ2) is 11.9. The molecule has 32 heavy (non-hydrogen) atoms. The van der Waals surface area contributed by atoms with Crippen molar-refractivity contribution in [1.29, 1.82) is 0 Å². The molecule has 1 amide bonds. The number of carbonyl (C=O) groups is 2. The lowest BCUT2D eigenvalue weighted by molar-refractivity contribution is -0.126. The maximum Gasteiger partial charge on any atom is 0.259 e. The smallest absolute Gasteiger partial charge is 0.259 e. The van der Waals surface area contributed by atoms with E-state index in [-0.39, 0.29) is 17.2 Å². The van der Waals surface area contributed by atoms with E-state index in [9.17, 15) is 9.59 Å². The van der Waals surface area contributed by atoms with Crippen LogP contribution in [0.1, 0.15) is 20.8 Å². The minimum Gasteiger partial charge on any atom is -0.494 e. The van der Waals surface area contributed by atoms with Crippen molar-refractivity contribution >= 4 is 34.7 Å². The summed E-state index contributed by atoms with van der Waals surface area (Å²) in [5.74, 6) is 0.412. The summed E-state index contributed by atoms with van der Waals surface area (Å²) in [6.45, 7) is 5.86. The van der Waals surface area contributed by atoms with Crippen LogP contribution in [0.3, 0.4) is 0 Å². The van der Waals surface area contributed by atoms with Crippen molar-refractivity contribution in [2.24, 2.45) is 10.2 Å². The van der Waals surface area contributed by atoms with Crippen molar-refractivity contribution in [2.45, 2.75) is 26.8 Å². The van der Waals surface area contributed by atoms with Crippen LogP contribution in [0.4, 0.5) is 11.4 Å². The number of hydrogen-bond acceptors (Lipinski definition) is 8. The van der Waals surface area contributed by atoms with E-state index in [4.69, 9.17) is 30.5 Å². The van der Waals surface area contributed by atoms with Crippen molar-refractivity contribution in [3.05, 3.63) is 35.4 Å². The fraction of sp³-hybridized carbons (Fsp3) is 0.364. The molecule has 0 aliphatic carbocycles. The van der Waals surface area contributed by atoms with Gasteiger partial charge < -0.3 is 24.3 Å². The molecular weight excluding hydrogens is 438 g/mol. The van der Waals surface area contributed by atoms with Crippen LogP contribution in [0.25, 0.3) is 0 Å². The van der Waals surface area contributed by atoms with Crippen LogP contribution in [0.2, 0.25) is 5.02 Å². The zero-order valence-electron chi connectivity index (χ0n) is 18.6. The summed E-state index contributed by atoms with van der Waals surface area (Å²) in [5, 5.41) is 11.0. The molecule has 0 aliphatic heterocycles. The number of nitrogens with one attached hydrogen (secondary N) is 1. The normalized spacial score (nSPS) is 11.7. The van der Waals surface area contributed by atoms with Gasteiger partial charge in [-0.15, -0.1) is 0 Å². The number of ketones is 1. The van der Waals surface area contributed by atoms with Gasteiger partial charge >= 0.3 is 0 Å². The third-order valence-electron chi connectivity index (χ3n) is 4.13. The minimum absolute atomic E-state index is 0.225. The number of benzene rings is 2. The molecule has 2 rings (SSSR count). The van der Waals surface area contributed by atoms with Gasteiger partial charge in [0.15, 0.2) is 5.78 Å². The van der Waals surface area contributed by atoms with E-state index >= 15 is 0 Å². The largest absolute Gasteiger partial charge is 0.494 e. The van der Waals surface area contributed by atoms with E-state index in [1.165, 1.54) is 33.3 Å². The van der Waals surface area contributed by atoms with Gasteiger partial charge in [-0.2, -0.15) is 10.2 Å². The number of azo groups is 1. The van der Waals surface area contributed by atoms with Crippen LogP contribution in [-0.2, 0) is 9.59 Å². The molecule has 0 fully saturated rings. The van der Waals surface area contributed by atoms with E-state index in [1.807, 2.05) is 13.8 Å². The monoisotopic (exact) mass is 463 g/mol. The molecule has 0 spiro atoms. The maximum absolute atomic E-state index is 12.9. The average molecular weight is 464 g/mol. The fourth-order valence-corrected chi connectivity index (χ4v) is 2.95. The Balaban J connectivity index is 2.33. The molecule has 0 saturated carbocycles. The highest BCUT2D eigenvalue weighted by Crippen LogP contribution is 2.38. The van der Waals surface area contributed by atoms with Gasteiger partial charge in [-0.3, -0.25) is 9.59 Å². The number of hydrogen-bond donors (Lipinski definition) is 1. The molecule has 2 aromatic rings. The van der Waals surface area contributed by atoms with Gasteiger partial charge in [0.2, 0.25) is 6.04 Å². The van der Waals surface area contributed by atoms with Crippen LogP contribution >= 0.6 is 11.6 Å². The predicted octanol–water partition coefficient (Wildman–Crippen LogP) is 4.83. The van der Waals surface area contributed by atoms with E-state index < -0.39 is 17.7 Å². The topological polar surface area (TPSA) is 108 Å². The molecule has 1 unspecified atom stereocenters. The summed E-state index contributed by atoms with van der Waals surface area (Å²) in [6.07, 6.45) is 0. The highest BCUT2D eigenvalue weighted by Gasteiger charge is 2.26. The molecule has 1 N–H and O–H groups in total. The van der Waals surface area contributed by atoms with Crippen LogP contribution in [0.15, 0.2) is 40.6 Å². The lowest BCUT2D eigenvalue weighted by Crippen LogP contribution is -2.32. The first-order chi connectivity index (χ1) is 15.3. The Morgan fingerprint density at radius 3 is 1.94 bits per heavy atom. The van der Waals surface area contributed by atoms with Crippen LogP contribution in [0, 0.1) is 0 Å². The lowest BCUT2D eigenvalue weighted by Gasteiger charge is -2.16. The van der Waals surface area contributed by atoms with Crippen LogP contribution < -0.4 is 24.3 Å². The molecule has 172 valence electrons. The van der Waals surface area contributed by atoms with Gasteiger partial charge in [0, 0.05) is 35.4 Å². The highest BCUT2D eigenvalue weighted by molar-refractivity contribution is 6.31. The Kier molecular flexibility index (Phi) is 9.27. The summed E-state index contributed by atoms with van der Waals surface area (Å²) in [7, 11) is 2.84. The van der Waals surface area contributed by atoms with Crippen molar-refractivity contribution < 1.29 is 28.5 Å². The van der Waals surface area contributed by atoms with Crippen LogP contribution in [-0.4, -0.2) is 45.2 Å². The van der Waals surface area contributed by atoms with E-state index in [1.54, 1.807) is 18.2 Å². The molecule has 0 aromatic heterocycles. The average Bonchev–Trinajstić information content (AvgIpc) is 2.74. The number of Topliss-reactive ketones (excluding diaryl/α,β-unsaturated/α-hetero) is 1. The Labute approximate surface area is 191 Å². The summed E-state index contributed by atoms with van der Waals surface area (Å²) < 4.78 is 21.5.